The van der Waals surface area contributed by atoms with Crippen molar-refractivity contribution >= 4 is 12.0 Å². The highest BCUT2D eigenvalue weighted by Crippen LogP contribution is 2.19. The molecule has 1 aromatic heterocycles. The summed E-state index contributed by atoms with van der Waals surface area (Å²) in [6.45, 7) is 7.28. The van der Waals surface area contributed by atoms with Crippen molar-refractivity contribution in [3.63, 3.8) is 0 Å². The van der Waals surface area contributed by atoms with Gasteiger partial charge in [0.15, 0.2) is 0 Å². The van der Waals surface area contributed by atoms with Crippen molar-refractivity contribution in [3.05, 3.63) is 17.8 Å². The van der Waals surface area contributed by atoms with Crippen LogP contribution in [0.2, 0.25) is 0 Å². The van der Waals surface area contributed by atoms with Crippen molar-refractivity contribution in [2.24, 2.45) is 5.41 Å². The maximum absolute atomic E-state index is 11.7. The second kappa shape index (κ2) is 6.40. The second-order valence-electron chi connectivity index (χ2n) is 5.54. The molecule has 0 aromatic carbocycles. The van der Waals surface area contributed by atoms with E-state index in [9.17, 15) is 9.59 Å². The first-order chi connectivity index (χ1) is 9.24. The van der Waals surface area contributed by atoms with E-state index in [1.54, 1.807) is 27.0 Å². The highest BCUT2D eigenvalue weighted by Gasteiger charge is 2.32. The highest BCUT2D eigenvalue weighted by molar-refractivity contribution is 5.83. The van der Waals surface area contributed by atoms with E-state index in [0.717, 1.165) is 12.2 Å². The Balaban J connectivity index is 2.52. The molecule has 0 aliphatic heterocycles. The van der Waals surface area contributed by atoms with Gasteiger partial charge in [0.2, 0.25) is 5.89 Å². The number of hydrogen-bond acceptors (Lipinski definition) is 4. The van der Waals surface area contributed by atoms with E-state index < -0.39 is 23.5 Å². The molecule has 0 spiro atoms. The van der Waals surface area contributed by atoms with Gasteiger partial charge in [-0.2, -0.15) is 0 Å². The van der Waals surface area contributed by atoms with Gasteiger partial charge in [0.1, 0.15) is 11.8 Å². The number of carbonyl (C=O) groups excluding carboxylic acids is 1. The Bertz CT molecular complexity index is 476. The van der Waals surface area contributed by atoms with Gasteiger partial charge in [0.05, 0.1) is 12.7 Å². The van der Waals surface area contributed by atoms with Gasteiger partial charge in [-0.05, 0) is 5.41 Å². The number of carbonyl (C=O) groups is 2. The van der Waals surface area contributed by atoms with Crippen LogP contribution in [0, 0.1) is 5.41 Å². The molecule has 0 saturated heterocycles. The van der Waals surface area contributed by atoms with Crippen LogP contribution in [0.3, 0.4) is 0 Å². The summed E-state index contributed by atoms with van der Waals surface area (Å²) in [6, 6.07) is -1.54. The van der Waals surface area contributed by atoms with Gasteiger partial charge >= 0.3 is 12.0 Å². The average molecular weight is 283 g/mol. The van der Waals surface area contributed by atoms with Crippen LogP contribution in [-0.4, -0.2) is 28.1 Å². The molecule has 0 fully saturated rings. The van der Waals surface area contributed by atoms with Gasteiger partial charge in [-0.3, -0.25) is 0 Å². The first kappa shape index (κ1) is 16.0. The van der Waals surface area contributed by atoms with Crippen molar-refractivity contribution in [1.82, 2.24) is 15.6 Å². The number of aliphatic carboxylic acids is 1. The third-order valence-electron chi connectivity index (χ3n) is 2.74. The Morgan fingerprint density at radius 1 is 1.45 bits per heavy atom. The minimum atomic E-state index is -1.07. The number of nitrogens with one attached hydrogen (secondary N) is 2. The average Bonchev–Trinajstić information content (AvgIpc) is 2.79. The van der Waals surface area contributed by atoms with Crippen LogP contribution in [0.15, 0.2) is 10.6 Å². The smallest absolute Gasteiger partial charge is 0.326 e. The Kier molecular flexibility index (Phi) is 5.12. The Morgan fingerprint density at radius 3 is 2.55 bits per heavy atom. The number of oxazole rings is 1. The third kappa shape index (κ3) is 4.56. The zero-order valence-electron chi connectivity index (χ0n) is 12.2. The summed E-state index contributed by atoms with van der Waals surface area (Å²) >= 11 is 0. The molecule has 7 heteroatoms. The SMILES string of the molecule is CCc1cnc(CNC(=O)N[C@@H](C(=O)O)C(C)(C)C)o1. The molecule has 2 amide bonds. The number of aromatic nitrogens is 1. The van der Waals surface area contributed by atoms with Crippen LogP contribution < -0.4 is 10.6 Å². The van der Waals surface area contributed by atoms with Gasteiger partial charge in [-0.15, -0.1) is 0 Å². The molecule has 0 saturated carbocycles. The van der Waals surface area contributed by atoms with E-state index in [2.05, 4.69) is 15.6 Å². The van der Waals surface area contributed by atoms with Crippen LogP contribution >= 0.6 is 0 Å². The molecule has 1 aromatic rings. The van der Waals surface area contributed by atoms with Crippen molar-refractivity contribution in [1.29, 1.82) is 0 Å². The monoisotopic (exact) mass is 283 g/mol. The fourth-order valence-corrected chi connectivity index (χ4v) is 1.58. The molecule has 0 unspecified atom stereocenters. The quantitative estimate of drug-likeness (QED) is 0.760. The van der Waals surface area contributed by atoms with Gasteiger partial charge < -0.3 is 20.2 Å². The summed E-state index contributed by atoms with van der Waals surface area (Å²) in [4.78, 5) is 26.8. The number of hydrogen-bond donors (Lipinski definition) is 3. The molecule has 0 aliphatic rings. The maximum atomic E-state index is 11.7. The maximum Gasteiger partial charge on any atom is 0.326 e. The van der Waals surface area contributed by atoms with Gasteiger partial charge in [-0.25, -0.2) is 14.6 Å². The lowest BCUT2D eigenvalue weighted by Gasteiger charge is -2.27. The van der Waals surface area contributed by atoms with Crippen molar-refractivity contribution in [2.75, 3.05) is 0 Å². The lowest BCUT2D eigenvalue weighted by Crippen LogP contribution is -2.52. The molecule has 3 N–H and O–H groups in total. The topological polar surface area (TPSA) is 104 Å². The van der Waals surface area contributed by atoms with Crippen LogP contribution in [0.1, 0.15) is 39.3 Å². The van der Waals surface area contributed by atoms with Crippen molar-refractivity contribution in [2.45, 2.75) is 46.7 Å². The highest BCUT2D eigenvalue weighted by atomic mass is 16.4. The number of carboxylic acids is 1. The predicted octanol–water partition coefficient (Wildman–Crippen LogP) is 1.54. The van der Waals surface area contributed by atoms with E-state index in [-0.39, 0.29) is 6.54 Å². The first-order valence-corrected chi connectivity index (χ1v) is 6.44. The molecule has 0 bridgehead atoms. The normalized spacial score (nSPS) is 12.8. The van der Waals surface area contributed by atoms with Crippen LogP contribution in [0.4, 0.5) is 4.79 Å². The van der Waals surface area contributed by atoms with E-state index in [4.69, 9.17) is 9.52 Å². The van der Waals surface area contributed by atoms with Crippen LogP contribution in [0.25, 0.3) is 0 Å². The van der Waals surface area contributed by atoms with Crippen molar-refractivity contribution in [3.8, 4) is 0 Å². The molecule has 112 valence electrons. The molecule has 0 radical (unpaired) electrons. The zero-order chi connectivity index (χ0) is 15.3. The van der Waals surface area contributed by atoms with Gasteiger partial charge in [-0.1, -0.05) is 27.7 Å². The summed E-state index contributed by atoms with van der Waals surface area (Å²) < 4.78 is 5.33. The van der Waals surface area contributed by atoms with E-state index in [1.807, 2.05) is 6.92 Å². The Morgan fingerprint density at radius 2 is 2.10 bits per heavy atom. The second-order valence-corrected chi connectivity index (χ2v) is 5.54. The van der Waals surface area contributed by atoms with Crippen molar-refractivity contribution < 1.29 is 19.1 Å². The molecule has 1 heterocycles. The van der Waals surface area contributed by atoms with E-state index in [1.165, 1.54) is 0 Å². The first-order valence-electron chi connectivity index (χ1n) is 6.44. The summed E-state index contributed by atoms with van der Waals surface area (Å²) in [5.74, 6) is 0.0528. The largest absolute Gasteiger partial charge is 0.480 e. The third-order valence-corrected chi connectivity index (χ3v) is 2.74. The van der Waals surface area contributed by atoms with Crippen LogP contribution in [0.5, 0.6) is 0 Å². The molecule has 0 aliphatic carbocycles. The summed E-state index contributed by atoms with van der Waals surface area (Å²) in [5, 5.41) is 14.1. The fourth-order valence-electron chi connectivity index (χ4n) is 1.58. The molecule has 1 rings (SSSR count). The molecule has 20 heavy (non-hydrogen) atoms. The molecule has 7 nitrogen and oxygen atoms in total. The number of urea groups is 1. The number of rotatable bonds is 5. The zero-order valence-corrected chi connectivity index (χ0v) is 12.2. The summed E-state index contributed by atoms with van der Waals surface area (Å²) in [5.41, 5.74) is -0.582. The van der Waals surface area contributed by atoms with E-state index in [0.29, 0.717) is 5.89 Å². The standard InChI is InChI=1S/C13H21N3O4/c1-5-8-6-14-9(20-8)7-15-12(19)16-10(11(17)18)13(2,3)4/h6,10H,5,7H2,1-4H3,(H,17,18)(H2,15,16,19)/t10-/m0/s1. The fraction of sp³-hybridized carbons (Fsp3) is 0.615. The lowest BCUT2D eigenvalue weighted by molar-refractivity contribution is -0.141. The summed E-state index contributed by atoms with van der Waals surface area (Å²) in [6.07, 6.45) is 2.33. The minimum Gasteiger partial charge on any atom is -0.480 e. The Hall–Kier alpha value is -2.05. The number of nitrogens with zero attached hydrogens (tertiary/aromatic N) is 1. The molecule has 1 atom stereocenters. The minimum absolute atomic E-state index is 0.113. The molecular formula is C13H21N3O4. The lowest BCUT2D eigenvalue weighted by atomic mass is 9.87. The summed E-state index contributed by atoms with van der Waals surface area (Å²) in [7, 11) is 0. The Labute approximate surface area is 117 Å². The molecular weight excluding hydrogens is 262 g/mol. The van der Waals surface area contributed by atoms with Crippen LogP contribution in [-0.2, 0) is 17.8 Å². The van der Waals surface area contributed by atoms with E-state index >= 15 is 0 Å². The predicted molar refractivity (Wildman–Crippen MR) is 72.1 cm³/mol. The van der Waals surface area contributed by atoms with Gasteiger partial charge in [0, 0.05) is 6.42 Å². The number of aryl methyl sites for hydroxylation is 1. The number of amides is 2. The van der Waals surface area contributed by atoms with Gasteiger partial charge in [0.25, 0.3) is 0 Å². The number of carboxylic acid groups (broad SMARTS) is 1.